The number of carbonyl (C=O) groups excluding carboxylic acids is 1. The van der Waals surface area contributed by atoms with Crippen LogP contribution in [0.3, 0.4) is 0 Å². The number of benzene rings is 2. The molecule has 0 saturated carbocycles. The van der Waals surface area contributed by atoms with Crippen molar-refractivity contribution in [2.75, 3.05) is 0 Å². The summed E-state index contributed by atoms with van der Waals surface area (Å²) < 4.78 is 0. The second-order valence-corrected chi connectivity index (χ2v) is 11.4. The van der Waals surface area contributed by atoms with Crippen LogP contribution in [0.2, 0.25) is 12.1 Å². The number of hydrogen-bond donors (Lipinski definition) is 0. The van der Waals surface area contributed by atoms with Crippen LogP contribution in [0.4, 0.5) is 0 Å². The molecule has 2 aromatic carbocycles. The molecule has 0 N–H and O–H groups in total. The van der Waals surface area contributed by atoms with E-state index in [0.29, 0.717) is 0 Å². The summed E-state index contributed by atoms with van der Waals surface area (Å²) in [7, 11) is -1.68. The van der Waals surface area contributed by atoms with Gasteiger partial charge in [0.25, 0.3) is 0 Å². The lowest BCUT2D eigenvalue weighted by Crippen LogP contribution is -2.55. The lowest BCUT2D eigenvalue weighted by atomic mass is 10.0. The summed E-state index contributed by atoms with van der Waals surface area (Å²) in [6.07, 6.45) is 5.12. The van der Waals surface area contributed by atoms with Gasteiger partial charge in [0.2, 0.25) is 0 Å². The van der Waals surface area contributed by atoms with Crippen LogP contribution in [0.15, 0.2) is 42.5 Å². The Bertz CT molecular complexity index is 739. The Morgan fingerprint density at radius 3 is 2.12 bits per heavy atom. The summed E-state index contributed by atoms with van der Waals surface area (Å²) in [6, 6.07) is 18.2. The van der Waals surface area contributed by atoms with E-state index in [9.17, 15) is 4.79 Å². The molecule has 3 rings (SSSR count). The largest absolute Gasteiger partial charge is 0.295 e. The Morgan fingerprint density at radius 1 is 0.875 bits per heavy atom. The average Bonchev–Trinajstić information content (AvgIpc) is 2.88. The first kappa shape index (κ1) is 17.2. The van der Waals surface area contributed by atoms with Crippen molar-refractivity contribution in [1.82, 2.24) is 0 Å². The van der Waals surface area contributed by atoms with Gasteiger partial charge in [-0.05, 0) is 46.6 Å². The van der Waals surface area contributed by atoms with Gasteiger partial charge < -0.3 is 0 Å². The molecule has 1 aliphatic heterocycles. The number of fused-ring (bicyclic) bond motifs is 3. The molecule has 0 aromatic heterocycles. The van der Waals surface area contributed by atoms with E-state index in [1.54, 1.807) is 17.3 Å². The molecular formula is C22H28OSi. The maximum absolute atomic E-state index is 11.9. The van der Waals surface area contributed by atoms with Crippen LogP contribution in [0, 0.1) is 0 Å². The van der Waals surface area contributed by atoms with Crippen molar-refractivity contribution in [3.8, 4) is 11.1 Å². The van der Waals surface area contributed by atoms with Crippen LogP contribution in [-0.2, 0) is 0 Å². The van der Waals surface area contributed by atoms with Crippen LogP contribution >= 0.6 is 0 Å². The SMILES string of the molecule is CCCC[Si]1(CCCC)c2ccccc2-c2cc(C(C)=O)ccc21. The number of ketones is 1. The highest BCUT2D eigenvalue weighted by molar-refractivity contribution is 7.05. The second kappa shape index (κ2) is 7.06. The van der Waals surface area contributed by atoms with Crippen molar-refractivity contribution in [1.29, 1.82) is 0 Å². The van der Waals surface area contributed by atoms with E-state index in [2.05, 4.69) is 56.3 Å². The van der Waals surface area contributed by atoms with E-state index in [1.807, 2.05) is 0 Å². The minimum absolute atomic E-state index is 0.163. The van der Waals surface area contributed by atoms with Gasteiger partial charge in [0.15, 0.2) is 5.78 Å². The summed E-state index contributed by atoms with van der Waals surface area (Å²) in [4.78, 5) is 11.9. The standard InChI is InChI=1S/C22H28OSi/c1-4-6-14-24(15-7-5-2)21-11-9-8-10-19(21)20-16-18(17(3)23)12-13-22(20)24/h8-13,16H,4-7,14-15H2,1-3H3. The van der Waals surface area contributed by atoms with Gasteiger partial charge in [-0.15, -0.1) is 0 Å². The number of rotatable bonds is 7. The first-order chi connectivity index (χ1) is 11.6. The second-order valence-electron chi connectivity index (χ2n) is 7.15. The van der Waals surface area contributed by atoms with E-state index < -0.39 is 8.07 Å². The van der Waals surface area contributed by atoms with Crippen LogP contribution in [0.25, 0.3) is 11.1 Å². The molecule has 1 aliphatic rings. The Kier molecular flexibility index (Phi) is 5.05. The van der Waals surface area contributed by atoms with Crippen LogP contribution < -0.4 is 10.4 Å². The van der Waals surface area contributed by atoms with Crippen molar-refractivity contribution in [2.24, 2.45) is 0 Å². The van der Waals surface area contributed by atoms with Crippen molar-refractivity contribution >= 4 is 24.2 Å². The molecule has 0 saturated heterocycles. The molecule has 1 nitrogen and oxygen atoms in total. The normalized spacial score (nSPS) is 14.3. The predicted molar refractivity (Wildman–Crippen MR) is 106 cm³/mol. The van der Waals surface area contributed by atoms with E-state index in [1.165, 1.54) is 48.9 Å². The van der Waals surface area contributed by atoms with Crippen molar-refractivity contribution in [3.63, 3.8) is 0 Å². The summed E-state index contributed by atoms with van der Waals surface area (Å²) >= 11 is 0. The summed E-state index contributed by atoms with van der Waals surface area (Å²) in [5.74, 6) is 0.163. The highest BCUT2D eigenvalue weighted by Gasteiger charge is 2.44. The Hall–Kier alpha value is -1.67. The topological polar surface area (TPSA) is 17.1 Å². The third-order valence-corrected chi connectivity index (χ3v) is 10.9. The summed E-state index contributed by atoms with van der Waals surface area (Å²) in [5, 5.41) is 3.19. The molecule has 2 aromatic rings. The Labute approximate surface area is 147 Å². The molecule has 0 spiro atoms. The Balaban J connectivity index is 2.21. The van der Waals surface area contributed by atoms with E-state index in [4.69, 9.17) is 0 Å². The molecule has 1 heterocycles. The molecule has 0 amide bonds. The first-order valence-corrected chi connectivity index (χ1v) is 11.8. The van der Waals surface area contributed by atoms with Gasteiger partial charge in [0, 0.05) is 5.56 Å². The highest BCUT2D eigenvalue weighted by atomic mass is 28.3. The fraction of sp³-hybridized carbons (Fsp3) is 0.409. The van der Waals surface area contributed by atoms with Gasteiger partial charge in [-0.1, -0.05) is 75.9 Å². The minimum atomic E-state index is -1.68. The monoisotopic (exact) mass is 336 g/mol. The average molecular weight is 337 g/mol. The number of Topliss-reactive ketones (excluding diaryl/α,β-unsaturated/α-hetero) is 1. The number of unbranched alkanes of at least 4 members (excludes halogenated alkanes) is 2. The van der Waals surface area contributed by atoms with Crippen molar-refractivity contribution in [2.45, 2.75) is 58.5 Å². The molecule has 2 heteroatoms. The summed E-state index contributed by atoms with van der Waals surface area (Å²) in [6.45, 7) is 6.26. The van der Waals surface area contributed by atoms with Gasteiger partial charge in [0.1, 0.15) is 8.07 Å². The number of carbonyl (C=O) groups is 1. The van der Waals surface area contributed by atoms with Gasteiger partial charge >= 0.3 is 0 Å². The van der Waals surface area contributed by atoms with Gasteiger partial charge in [-0.2, -0.15) is 0 Å². The predicted octanol–water partition coefficient (Wildman–Crippen LogP) is 5.03. The van der Waals surface area contributed by atoms with E-state index in [0.717, 1.165) is 5.56 Å². The molecule has 0 radical (unpaired) electrons. The fourth-order valence-electron chi connectivity index (χ4n) is 4.30. The van der Waals surface area contributed by atoms with Crippen LogP contribution in [0.5, 0.6) is 0 Å². The third-order valence-electron chi connectivity index (χ3n) is 5.59. The quantitative estimate of drug-likeness (QED) is 0.512. The van der Waals surface area contributed by atoms with Gasteiger partial charge in [0.05, 0.1) is 0 Å². The molecule has 24 heavy (non-hydrogen) atoms. The first-order valence-electron chi connectivity index (χ1n) is 9.39. The fourth-order valence-corrected chi connectivity index (χ4v) is 10.1. The molecule has 126 valence electrons. The molecule has 0 bridgehead atoms. The maximum Gasteiger partial charge on any atom is 0.159 e. The van der Waals surface area contributed by atoms with Gasteiger partial charge in [-0.25, -0.2) is 0 Å². The van der Waals surface area contributed by atoms with E-state index >= 15 is 0 Å². The molecule has 0 fully saturated rings. The maximum atomic E-state index is 11.9. The van der Waals surface area contributed by atoms with Crippen molar-refractivity contribution < 1.29 is 4.79 Å². The van der Waals surface area contributed by atoms with Gasteiger partial charge in [-0.3, -0.25) is 4.79 Å². The molecule has 0 aliphatic carbocycles. The van der Waals surface area contributed by atoms with E-state index in [-0.39, 0.29) is 5.78 Å². The lowest BCUT2D eigenvalue weighted by molar-refractivity contribution is 0.101. The molecular weight excluding hydrogens is 308 g/mol. The number of hydrogen-bond acceptors (Lipinski definition) is 1. The third kappa shape index (κ3) is 2.77. The highest BCUT2D eigenvalue weighted by Crippen LogP contribution is 2.35. The van der Waals surface area contributed by atoms with Crippen LogP contribution in [0.1, 0.15) is 56.8 Å². The van der Waals surface area contributed by atoms with Crippen molar-refractivity contribution in [3.05, 3.63) is 48.0 Å². The summed E-state index contributed by atoms with van der Waals surface area (Å²) in [5.41, 5.74) is 3.59. The molecule has 0 unspecified atom stereocenters. The zero-order valence-electron chi connectivity index (χ0n) is 15.2. The lowest BCUT2D eigenvalue weighted by Gasteiger charge is -2.30. The minimum Gasteiger partial charge on any atom is -0.295 e. The molecule has 0 atom stereocenters. The van der Waals surface area contributed by atoms with Crippen LogP contribution in [-0.4, -0.2) is 13.9 Å². The zero-order chi connectivity index (χ0) is 17.2. The smallest absolute Gasteiger partial charge is 0.159 e. The zero-order valence-corrected chi connectivity index (χ0v) is 16.2. The Morgan fingerprint density at radius 2 is 1.50 bits per heavy atom.